The fraction of sp³-hybridized carbons (Fsp3) is 0.100. The summed E-state index contributed by atoms with van der Waals surface area (Å²) in [7, 11) is 1.67. The smallest absolute Gasteiger partial charge is 0.265 e. The van der Waals surface area contributed by atoms with Gasteiger partial charge >= 0.3 is 0 Å². The molecule has 2 heterocycles. The van der Waals surface area contributed by atoms with E-state index >= 15 is 0 Å². The number of rotatable bonds is 2. The lowest BCUT2D eigenvalue weighted by Crippen LogP contribution is -2.16. The molecule has 0 bridgehead atoms. The van der Waals surface area contributed by atoms with Crippen LogP contribution in [0.25, 0.3) is 21.0 Å². The Morgan fingerprint density at radius 1 is 1.15 bits per heavy atom. The van der Waals surface area contributed by atoms with Gasteiger partial charge in [0.25, 0.3) is 11.5 Å². The summed E-state index contributed by atoms with van der Waals surface area (Å²) < 4.78 is 15.9. The minimum absolute atomic E-state index is 0.198. The van der Waals surface area contributed by atoms with E-state index < -0.39 is 0 Å². The van der Waals surface area contributed by atoms with Gasteiger partial charge in [-0.25, -0.2) is 4.39 Å². The van der Waals surface area contributed by atoms with Crippen LogP contribution in [0.2, 0.25) is 5.02 Å². The number of carbonyl (C=O) groups excluding carboxylic acids is 1. The standard InChI is InChI=1S/C20H14ClFN2O2S/c1-10-3-5-12(8-15(10)22)23-19(25)17-9-14-18(27-17)13-6-4-11(21)7-16(13)24(2)20(14)26/h3-9H,1-2H3,(H,23,25). The molecule has 0 spiro atoms. The first-order valence-electron chi connectivity index (χ1n) is 8.14. The number of carbonyl (C=O) groups is 1. The van der Waals surface area contributed by atoms with Gasteiger partial charge in [-0.1, -0.05) is 17.7 Å². The van der Waals surface area contributed by atoms with Crippen molar-refractivity contribution in [2.45, 2.75) is 6.92 Å². The van der Waals surface area contributed by atoms with Gasteiger partial charge in [-0.15, -0.1) is 11.3 Å². The first-order chi connectivity index (χ1) is 12.8. The number of nitrogens with one attached hydrogen (secondary N) is 1. The van der Waals surface area contributed by atoms with Crippen LogP contribution in [0.1, 0.15) is 15.2 Å². The number of pyridine rings is 1. The van der Waals surface area contributed by atoms with Crippen molar-refractivity contribution in [2.24, 2.45) is 7.05 Å². The van der Waals surface area contributed by atoms with E-state index in [1.54, 1.807) is 44.3 Å². The molecule has 0 saturated heterocycles. The normalized spacial score (nSPS) is 11.3. The van der Waals surface area contributed by atoms with Crippen molar-refractivity contribution in [3.8, 4) is 0 Å². The molecule has 0 saturated carbocycles. The second-order valence-corrected chi connectivity index (χ2v) is 7.79. The van der Waals surface area contributed by atoms with Gasteiger partial charge in [0.05, 0.1) is 15.8 Å². The summed E-state index contributed by atoms with van der Waals surface area (Å²) in [6.45, 7) is 1.65. The first-order valence-corrected chi connectivity index (χ1v) is 9.34. The minimum atomic E-state index is -0.388. The Bertz CT molecular complexity index is 1290. The van der Waals surface area contributed by atoms with Gasteiger partial charge in [0, 0.05) is 27.8 Å². The number of nitrogens with zero attached hydrogens (tertiary/aromatic N) is 1. The highest BCUT2D eigenvalue weighted by atomic mass is 35.5. The topological polar surface area (TPSA) is 51.1 Å². The Balaban J connectivity index is 1.82. The average molecular weight is 401 g/mol. The maximum Gasteiger partial charge on any atom is 0.265 e. The quantitative estimate of drug-likeness (QED) is 0.508. The molecule has 0 radical (unpaired) electrons. The maximum absolute atomic E-state index is 13.7. The molecule has 2 aromatic heterocycles. The van der Waals surface area contributed by atoms with Gasteiger partial charge in [0.15, 0.2) is 0 Å². The van der Waals surface area contributed by atoms with Crippen molar-refractivity contribution in [3.63, 3.8) is 0 Å². The van der Waals surface area contributed by atoms with Crippen molar-refractivity contribution < 1.29 is 9.18 Å². The predicted octanol–water partition coefficient (Wildman–Crippen LogP) is 5.11. The summed E-state index contributed by atoms with van der Waals surface area (Å²) in [6, 6.07) is 11.4. The lowest BCUT2D eigenvalue weighted by Gasteiger charge is -2.06. The van der Waals surface area contributed by atoms with Gasteiger partial charge in [0.2, 0.25) is 0 Å². The monoisotopic (exact) mass is 400 g/mol. The van der Waals surface area contributed by atoms with Crippen molar-refractivity contribution in [2.75, 3.05) is 5.32 Å². The summed E-state index contributed by atoms with van der Waals surface area (Å²) in [5, 5.41) is 4.53. The van der Waals surface area contributed by atoms with Gasteiger partial charge in [0.1, 0.15) is 5.82 Å². The van der Waals surface area contributed by atoms with Crippen LogP contribution in [0.4, 0.5) is 10.1 Å². The molecule has 1 amide bonds. The lowest BCUT2D eigenvalue weighted by molar-refractivity contribution is 0.103. The van der Waals surface area contributed by atoms with E-state index in [2.05, 4.69) is 5.32 Å². The van der Waals surface area contributed by atoms with Crippen LogP contribution in [0.15, 0.2) is 47.3 Å². The number of benzene rings is 2. The van der Waals surface area contributed by atoms with Crippen LogP contribution in [-0.4, -0.2) is 10.5 Å². The van der Waals surface area contributed by atoms with Crippen LogP contribution >= 0.6 is 22.9 Å². The Morgan fingerprint density at radius 2 is 1.93 bits per heavy atom. The van der Waals surface area contributed by atoms with E-state index in [-0.39, 0.29) is 17.3 Å². The molecule has 0 aliphatic rings. The van der Waals surface area contributed by atoms with Crippen LogP contribution < -0.4 is 10.9 Å². The fourth-order valence-electron chi connectivity index (χ4n) is 2.99. The van der Waals surface area contributed by atoms with E-state index in [1.807, 2.05) is 6.07 Å². The highest BCUT2D eigenvalue weighted by Gasteiger charge is 2.17. The molecular weight excluding hydrogens is 387 g/mol. The third-order valence-corrected chi connectivity index (χ3v) is 5.89. The van der Waals surface area contributed by atoms with E-state index in [4.69, 9.17) is 11.6 Å². The number of halogens is 2. The van der Waals surface area contributed by atoms with Crippen LogP contribution in [-0.2, 0) is 7.05 Å². The highest BCUT2D eigenvalue weighted by molar-refractivity contribution is 7.21. The van der Waals surface area contributed by atoms with Gasteiger partial charge in [-0.3, -0.25) is 9.59 Å². The maximum atomic E-state index is 13.7. The van der Waals surface area contributed by atoms with Crippen molar-refractivity contribution >= 4 is 55.5 Å². The lowest BCUT2D eigenvalue weighted by atomic mass is 10.1. The van der Waals surface area contributed by atoms with Crippen molar-refractivity contribution in [3.05, 3.63) is 74.1 Å². The molecule has 1 N–H and O–H groups in total. The summed E-state index contributed by atoms with van der Waals surface area (Å²) in [5.41, 5.74) is 1.37. The molecule has 136 valence electrons. The molecule has 0 aliphatic heterocycles. The molecule has 2 aromatic carbocycles. The third kappa shape index (κ3) is 3.01. The van der Waals surface area contributed by atoms with Crippen molar-refractivity contribution in [1.82, 2.24) is 4.57 Å². The van der Waals surface area contributed by atoms with Gasteiger partial charge in [-0.05, 0) is 48.9 Å². The SMILES string of the molecule is Cc1ccc(NC(=O)c2cc3c(=O)n(C)c4cc(Cl)ccc4c3s2)cc1F. The van der Waals surface area contributed by atoms with Crippen LogP contribution in [0.3, 0.4) is 0 Å². The second kappa shape index (κ2) is 6.48. The second-order valence-electron chi connectivity index (χ2n) is 6.30. The molecule has 7 heteroatoms. The Morgan fingerprint density at radius 3 is 2.67 bits per heavy atom. The number of aryl methyl sites for hydroxylation is 2. The molecule has 4 nitrogen and oxygen atoms in total. The Labute approximate surface area is 162 Å². The zero-order valence-corrected chi connectivity index (χ0v) is 16.0. The van der Waals surface area contributed by atoms with Crippen LogP contribution in [0.5, 0.6) is 0 Å². The van der Waals surface area contributed by atoms with Crippen LogP contribution in [0, 0.1) is 12.7 Å². The third-order valence-electron chi connectivity index (χ3n) is 4.49. The number of thiophene rings is 1. The summed E-state index contributed by atoms with van der Waals surface area (Å²) in [6.07, 6.45) is 0. The molecular formula is C20H14ClFN2O2S. The molecule has 0 aliphatic carbocycles. The Hall–Kier alpha value is -2.70. The minimum Gasteiger partial charge on any atom is -0.321 e. The first kappa shape index (κ1) is 17.7. The molecule has 27 heavy (non-hydrogen) atoms. The van der Waals surface area contributed by atoms with E-state index in [0.29, 0.717) is 32.1 Å². The Kier molecular flexibility index (Phi) is 4.25. The van der Waals surface area contributed by atoms with E-state index in [9.17, 15) is 14.0 Å². The van der Waals surface area contributed by atoms with Gasteiger partial charge < -0.3 is 9.88 Å². The summed E-state index contributed by atoms with van der Waals surface area (Å²) in [5.74, 6) is -0.774. The molecule has 4 rings (SSSR count). The molecule has 0 unspecified atom stereocenters. The number of hydrogen-bond acceptors (Lipinski definition) is 3. The summed E-state index contributed by atoms with van der Waals surface area (Å²) >= 11 is 7.29. The number of aromatic nitrogens is 1. The molecule has 0 fully saturated rings. The zero-order chi connectivity index (χ0) is 19.3. The van der Waals surface area contributed by atoms with Crippen molar-refractivity contribution in [1.29, 1.82) is 0 Å². The zero-order valence-electron chi connectivity index (χ0n) is 14.5. The highest BCUT2D eigenvalue weighted by Crippen LogP contribution is 2.32. The number of anilines is 1. The number of hydrogen-bond donors (Lipinski definition) is 1. The van der Waals surface area contributed by atoms with E-state index in [1.165, 1.54) is 22.0 Å². The van der Waals surface area contributed by atoms with Gasteiger partial charge in [-0.2, -0.15) is 0 Å². The predicted molar refractivity (Wildman–Crippen MR) is 109 cm³/mol. The average Bonchev–Trinajstić information content (AvgIpc) is 3.08. The fourth-order valence-corrected chi connectivity index (χ4v) is 4.24. The molecule has 4 aromatic rings. The number of fused-ring (bicyclic) bond motifs is 3. The summed E-state index contributed by atoms with van der Waals surface area (Å²) in [4.78, 5) is 25.7. The number of amides is 1. The molecule has 0 atom stereocenters. The largest absolute Gasteiger partial charge is 0.321 e. The van der Waals surface area contributed by atoms with E-state index in [0.717, 1.165) is 10.1 Å².